The van der Waals surface area contributed by atoms with Crippen LogP contribution in [0.15, 0.2) is 18.2 Å². The van der Waals surface area contributed by atoms with Crippen LogP contribution in [0.2, 0.25) is 5.02 Å². The Balaban J connectivity index is 1.95. The third kappa shape index (κ3) is 3.33. The topological polar surface area (TPSA) is 21.3 Å². The predicted molar refractivity (Wildman–Crippen MR) is 67.2 cm³/mol. The summed E-state index contributed by atoms with van der Waals surface area (Å²) < 4.78 is 18.8. The molecule has 1 aromatic rings. The van der Waals surface area contributed by atoms with Gasteiger partial charge in [-0.05, 0) is 44.0 Å². The Morgan fingerprint density at radius 1 is 1.47 bits per heavy atom. The van der Waals surface area contributed by atoms with Gasteiger partial charge < -0.3 is 10.1 Å². The van der Waals surface area contributed by atoms with E-state index in [1.165, 1.54) is 12.1 Å². The summed E-state index contributed by atoms with van der Waals surface area (Å²) in [7, 11) is 0. The molecule has 1 aliphatic carbocycles. The van der Waals surface area contributed by atoms with Crippen LogP contribution in [-0.2, 0) is 0 Å². The molecule has 0 atom stereocenters. The van der Waals surface area contributed by atoms with Crippen LogP contribution < -0.4 is 10.1 Å². The fourth-order valence-corrected chi connectivity index (χ4v) is 1.94. The van der Waals surface area contributed by atoms with Crippen molar-refractivity contribution >= 4 is 11.6 Å². The SMILES string of the molecule is CCCNCC1(Oc2ccc(F)cc2Cl)CC1. The zero-order valence-corrected chi connectivity index (χ0v) is 10.7. The number of nitrogens with one attached hydrogen (secondary N) is 1. The molecular formula is C13H17ClFNO. The van der Waals surface area contributed by atoms with Crippen molar-refractivity contribution in [2.75, 3.05) is 13.1 Å². The van der Waals surface area contributed by atoms with Gasteiger partial charge in [0.1, 0.15) is 17.2 Å². The molecule has 0 aromatic heterocycles. The molecule has 17 heavy (non-hydrogen) atoms. The van der Waals surface area contributed by atoms with Crippen LogP contribution in [0.4, 0.5) is 4.39 Å². The maximum absolute atomic E-state index is 12.9. The van der Waals surface area contributed by atoms with Gasteiger partial charge in [-0.2, -0.15) is 0 Å². The van der Waals surface area contributed by atoms with E-state index in [9.17, 15) is 4.39 Å². The summed E-state index contributed by atoms with van der Waals surface area (Å²) in [5.74, 6) is 0.236. The van der Waals surface area contributed by atoms with Crippen LogP contribution >= 0.6 is 11.6 Å². The van der Waals surface area contributed by atoms with Crippen molar-refractivity contribution in [3.8, 4) is 5.75 Å². The molecule has 1 N–H and O–H groups in total. The molecule has 2 rings (SSSR count). The van der Waals surface area contributed by atoms with Crippen molar-refractivity contribution in [3.05, 3.63) is 29.0 Å². The lowest BCUT2D eigenvalue weighted by atomic mass is 10.3. The Morgan fingerprint density at radius 3 is 2.82 bits per heavy atom. The number of rotatable bonds is 6. The molecule has 0 amide bonds. The molecule has 1 saturated carbocycles. The first-order chi connectivity index (χ1) is 8.15. The van der Waals surface area contributed by atoms with Crippen molar-refractivity contribution in [2.24, 2.45) is 0 Å². The Hall–Kier alpha value is -0.800. The Bertz CT molecular complexity index is 393. The highest BCUT2D eigenvalue weighted by molar-refractivity contribution is 6.32. The fraction of sp³-hybridized carbons (Fsp3) is 0.538. The molecule has 0 radical (unpaired) electrons. The smallest absolute Gasteiger partial charge is 0.139 e. The summed E-state index contributed by atoms with van der Waals surface area (Å²) >= 11 is 5.94. The van der Waals surface area contributed by atoms with Gasteiger partial charge in [0.25, 0.3) is 0 Å². The maximum atomic E-state index is 12.9. The maximum Gasteiger partial charge on any atom is 0.139 e. The molecule has 0 saturated heterocycles. The number of halogens is 2. The molecule has 4 heteroatoms. The minimum absolute atomic E-state index is 0.128. The van der Waals surface area contributed by atoms with E-state index in [1.54, 1.807) is 6.07 Å². The van der Waals surface area contributed by atoms with Crippen LogP contribution in [0.5, 0.6) is 5.75 Å². The van der Waals surface area contributed by atoms with E-state index in [0.717, 1.165) is 32.4 Å². The Kier molecular flexibility index (Phi) is 3.89. The predicted octanol–water partition coefficient (Wildman–Crippen LogP) is 3.39. The van der Waals surface area contributed by atoms with E-state index in [1.807, 2.05) is 0 Å². The van der Waals surface area contributed by atoms with Gasteiger partial charge in [0.15, 0.2) is 0 Å². The lowest BCUT2D eigenvalue weighted by Crippen LogP contribution is -2.33. The van der Waals surface area contributed by atoms with E-state index in [-0.39, 0.29) is 11.4 Å². The largest absolute Gasteiger partial charge is 0.484 e. The van der Waals surface area contributed by atoms with Gasteiger partial charge in [-0.1, -0.05) is 18.5 Å². The van der Waals surface area contributed by atoms with Gasteiger partial charge in [-0.15, -0.1) is 0 Å². The first-order valence-electron chi connectivity index (χ1n) is 6.00. The van der Waals surface area contributed by atoms with E-state index < -0.39 is 0 Å². The molecule has 2 nitrogen and oxygen atoms in total. The van der Waals surface area contributed by atoms with Crippen LogP contribution in [0.25, 0.3) is 0 Å². The van der Waals surface area contributed by atoms with Gasteiger partial charge in [-0.3, -0.25) is 0 Å². The quantitative estimate of drug-likeness (QED) is 0.789. The van der Waals surface area contributed by atoms with Crippen molar-refractivity contribution in [2.45, 2.75) is 31.8 Å². The third-order valence-electron chi connectivity index (χ3n) is 2.90. The first kappa shape index (κ1) is 12.7. The Morgan fingerprint density at radius 2 is 2.24 bits per heavy atom. The van der Waals surface area contributed by atoms with Gasteiger partial charge in [0.05, 0.1) is 5.02 Å². The van der Waals surface area contributed by atoms with Gasteiger partial charge in [0.2, 0.25) is 0 Å². The molecule has 0 spiro atoms. The molecule has 1 aromatic carbocycles. The van der Waals surface area contributed by atoms with Crippen LogP contribution in [-0.4, -0.2) is 18.7 Å². The molecule has 0 bridgehead atoms. The highest BCUT2D eigenvalue weighted by atomic mass is 35.5. The normalized spacial score (nSPS) is 16.9. The zero-order valence-electron chi connectivity index (χ0n) is 9.93. The molecule has 94 valence electrons. The van der Waals surface area contributed by atoms with Crippen LogP contribution in [0.3, 0.4) is 0 Å². The van der Waals surface area contributed by atoms with E-state index in [4.69, 9.17) is 16.3 Å². The number of hydrogen-bond donors (Lipinski definition) is 1. The number of ether oxygens (including phenoxy) is 1. The second-order valence-electron chi connectivity index (χ2n) is 4.54. The van der Waals surface area contributed by atoms with Crippen LogP contribution in [0.1, 0.15) is 26.2 Å². The summed E-state index contributed by atoms with van der Waals surface area (Å²) in [4.78, 5) is 0. The van der Waals surface area contributed by atoms with Gasteiger partial charge in [-0.25, -0.2) is 4.39 Å². The van der Waals surface area contributed by atoms with Gasteiger partial charge >= 0.3 is 0 Å². The lowest BCUT2D eigenvalue weighted by Gasteiger charge is -2.19. The van der Waals surface area contributed by atoms with E-state index in [2.05, 4.69) is 12.2 Å². The highest BCUT2D eigenvalue weighted by Crippen LogP contribution is 2.41. The summed E-state index contributed by atoms with van der Waals surface area (Å²) in [6.07, 6.45) is 3.15. The summed E-state index contributed by atoms with van der Waals surface area (Å²) in [6.45, 7) is 3.95. The van der Waals surface area contributed by atoms with Crippen molar-refractivity contribution in [3.63, 3.8) is 0 Å². The third-order valence-corrected chi connectivity index (χ3v) is 3.20. The molecule has 1 aliphatic rings. The molecule has 0 unspecified atom stereocenters. The van der Waals surface area contributed by atoms with E-state index in [0.29, 0.717) is 10.8 Å². The first-order valence-corrected chi connectivity index (χ1v) is 6.38. The summed E-state index contributed by atoms with van der Waals surface area (Å²) in [5.41, 5.74) is -0.128. The van der Waals surface area contributed by atoms with Crippen molar-refractivity contribution in [1.29, 1.82) is 0 Å². The summed E-state index contributed by atoms with van der Waals surface area (Å²) in [6, 6.07) is 4.25. The number of hydrogen-bond acceptors (Lipinski definition) is 2. The average Bonchev–Trinajstić information content (AvgIpc) is 3.03. The second kappa shape index (κ2) is 5.23. The minimum atomic E-state index is -0.337. The monoisotopic (exact) mass is 257 g/mol. The van der Waals surface area contributed by atoms with Crippen LogP contribution in [0, 0.1) is 5.82 Å². The highest BCUT2D eigenvalue weighted by Gasteiger charge is 2.45. The molecule has 1 fully saturated rings. The fourth-order valence-electron chi connectivity index (χ4n) is 1.74. The standard InChI is InChI=1S/C13H17ClFNO/c1-2-7-16-9-13(5-6-13)17-12-4-3-10(15)8-11(12)14/h3-4,8,16H,2,5-7,9H2,1H3. The Labute approximate surface area is 106 Å². The van der Waals surface area contributed by atoms with Gasteiger partial charge in [0, 0.05) is 6.54 Å². The average molecular weight is 258 g/mol. The van der Waals surface area contributed by atoms with Crippen molar-refractivity contribution in [1.82, 2.24) is 5.32 Å². The minimum Gasteiger partial charge on any atom is -0.484 e. The number of benzene rings is 1. The second-order valence-corrected chi connectivity index (χ2v) is 4.94. The molecular weight excluding hydrogens is 241 g/mol. The molecule has 0 heterocycles. The van der Waals surface area contributed by atoms with Crippen molar-refractivity contribution < 1.29 is 9.13 Å². The lowest BCUT2D eigenvalue weighted by molar-refractivity contribution is 0.175. The zero-order chi connectivity index (χ0) is 12.3. The summed E-state index contributed by atoms with van der Waals surface area (Å²) in [5, 5.41) is 3.69. The van der Waals surface area contributed by atoms with E-state index >= 15 is 0 Å². The molecule has 0 aliphatic heterocycles.